The average Bonchev–Trinajstić information content (AvgIpc) is 2.53. The van der Waals surface area contributed by atoms with Crippen LogP contribution in [0.5, 0.6) is 0 Å². The summed E-state index contributed by atoms with van der Waals surface area (Å²) in [7, 11) is 1.80. The van der Waals surface area contributed by atoms with Gasteiger partial charge in [0.25, 0.3) is 0 Å². The molecule has 5 heteroatoms. The molecule has 0 saturated carbocycles. The summed E-state index contributed by atoms with van der Waals surface area (Å²) in [6, 6.07) is 9.62. The van der Waals surface area contributed by atoms with Crippen LogP contribution in [0.1, 0.15) is 12.8 Å². The first-order valence-corrected chi connectivity index (χ1v) is 7.07. The summed E-state index contributed by atoms with van der Waals surface area (Å²) in [6.45, 7) is 1.53. The van der Waals surface area contributed by atoms with Crippen molar-refractivity contribution in [1.82, 2.24) is 4.90 Å². The SMILES string of the molecule is CN1CCCN(c2cccc(Br)c2)C(CC#N)C1=O. The maximum Gasteiger partial charge on any atom is 0.246 e. The molecule has 0 bridgehead atoms. The molecule has 100 valence electrons. The third-order valence-corrected chi connectivity index (χ3v) is 3.85. The highest BCUT2D eigenvalue weighted by atomic mass is 79.9. The summed E-state index contributed by atoms with van der Waals surface area (Å²) in [5.74, 6) is 0.0269. The van der Waals surface area contributed by atoms with Gasteiger partial charge in [-0.25, -0.2) is 0 Å². The molecule has 0 radical (unpaired) electrons. The van der Waals surface area contributed by atoms with Crippen molar-refractivity contribution in [2.45, 2.75) is 18.9 Å². The van der Waals surface area contributed by atoms with Crippen molar-refractivity contribution in [3.8, 4) is 6.07 Å². The van der Waals surface area contributed by atoms with Crippen LogP contribution in [0.3, 0.4) is 0 Å². The summed E-state index contributed by atoms with van der Waals surface area (Å²) in [5, 5.41) is 8.98. The van der Waals surface area contributed by atoms with E-state index in [1.165, 1.54) is 0 Å². The minimum atomic E-state index is -0.383. The number of hydrogen-bond donors (Lipinski definition) is 0. The smallest absolute Gasteiger partial charge is 0.246 e. The van der Waals surface area contributed by atoms with Gasteiger partial charge in [-0.15, -0.1) is 0 Å². The van der Waals surface area contributed by atoms with E-state index in [2.05, 4.69) is 22.0 Å². The lowest BCUT2D eigenvalue weighted by Crippen LogP contribution is -2.44. The van der Waals surface area contributed by atoms with E-state index in [1.54, 1.807) is 11.9 Å². The van der Waals surface area contributed by atoms with Gasteiger partial charge in [-0.2, -0.15) is 5.26 Å². The Hall–Kier alpha value is -1.54. The molecule has 1 aromatic rings. The zero-order chi connectivity index (χ0) is 13.8. The second kappa shape index (κ2) is 6.07. The summed E-state index contributed by atoms with van der Waals surface area (Å²) in [5.41, 5.74) is 0.985. The second-order valence-corrected chi connectivity index (χ2v) is 5.58. The lowest BCUT2D eigenvalue weighted by Gasteiger charge is -2.30. The number of nitrogens with zero attached hydrogens (tertiary/aromatic N) is 3. The molecule has 0 aliphatic carbocycles. The molecular weight excluding hydrogens is 306 g/mol. The summed E-state index contributed by atoms with van der Waals surface area (Å²) < 4.78 is 0.978. The minimum absolute atomic E-state index is 0.0269. The number of benzene rings is 1. The van der Waals surface area contributed by atoms with Gasteiger partial charge in [0, 0.05) is 30.3 Å². The van der Waals surface area contributed by atoms with Gasteiger partial charge in [-0.3, -0.25) is 4.79 Å². The molecule has 1 unspecified atom stereocenters. The van der Waals surface area contributed by atoms with Crippen LogP contribution in [0.2, 0.25) is 0 Å². The maximum absolute atomic E-state index is 12.3. The first-order valence-electron chi connectivity index (χ1n) is 6.27. The van der Waals surface area contributed by atoms with Crippen molar-refractivity contribution >= 4 is 27.5 Å². The van der Waals surface area contributed by atoms with Crippen molar-refractivity contribution in [1.29, 1.82) is 5.26 Å². The van der Waals surface area contributed by atoms with Gasteiger partial charge in [0.05, 0.1) is 12.5 Å². The van der Waals surface area contributed by atoms with Crippen molar-refractivity contribution in [2.24, 2.45) is 0 Å². The quantitative estimate of drug-likeness (QED) is 0.840. The first-order chi connectivity index (χ1) is 9.13. The maximum atomic E-state index is 12.3. The molecule has 1 saturated heterocycles. The lowest BCUT2D eigenvalue weighted by molar-refractivity contribution is -0.130. The van der Waals surface area contributed by atoms with Gasteiger partial charge in [0.15, 0.2) is 0 Å². The molecule has 2 rings (SSSR count). The van der Waals surface area contributed by atoms with Gasteiger partial charge in [-0.05, 0) is 24.6 Å². The standard InChI is InChI=1S/C14H16BrN3O/c1-17-8-3-9-18(13(6-7-16)14(17)19)12-5-2-4-11(15)10-12/h2,4-5,10,13H,3,6,8-9H2,1H3. The summed E-state index contributed by atoms with van der Waals surface area (Å²) in [6.07, 6.45) is 1.13. The van der Waals surface area contributed by atoms with Gasteiger partial charge >= 0.3 is 0 Å². The molecule has 0 N–H and O–H groups in total. The Kier molecular flexibility index (Phi) is 4.43. The predicted octanol–water partition coefficient (Wildman–Crippen LogP) is 2.40. The number of likely N-dealkylation sites (N-methyl/N-ethyl adjacent to an activating group) is 1. The van der Waals surface area contributed by atoms with Crippen LogP contribution in [0.4, 0.5) is 5.69 Å². The first kappa shape index (κ1) is 13.9. The second-order valence-electron chi connectivity index (χ2n) is 4.66. The molecule has 19 heavy (non-hydrogen) atoms. The van der Waals surface area contributed by atoms with E-state index in [4.69, 9.17) is 5.26 Å². The summed E-state index contributed by atoms with van der Waals surface area (Å²) >= 11 is 3.45. The Morgan fingerprint density at radius 2 is 2.26 bits per heavy atom. The monoisotopic (exact) mass is 321 g/mol. The highest BCUT2D eigenvalue weighted by molar-refractivity contribution is 9.10. The van der Waals surface area contributed by atoms with Gasteiger partial charge in [-0.1, -0.05) is 22.0 Å². The van der Waals surface area contributed by atoms with Gasteiger partial charge in [0.2, 0.25) is 5.91 Å². The lowest BCUT2D eigenvalue weighted by atomic mass is 10.1. The molecule has 1 atom stereocenters. The van der Waals surface area contributed by atoms with Crippen molar-refractivity contribution in [3.05, 3.63) is 28.7 Å². The summed E-state index contributed by atoms with van der Waals surface area (Å²) in [4.78, 5) is 16.1. The van der Waals surface area contributed by atoms with Crippen LogP contribution in [0, 0.1) is 11.3 Å². The van der Waals surface area contributed by atoms with Crippen LogP contribution in [0.25, 0.3) is 0 Å². The number of carbonyl (C=O) groups excluding carboxylic acids is 1. The molecule has 0 aromatic heterocycles. The average molecular weight is 322 g/mol. The topological polar surface area (TPSA) is 47.3 Å². The van der Waals surface area contributed by atoms with E-state index in [9.17, 15) is 4.79 Å². The van der Waals surface area contributed by atoms with Crippen LogP contribution in [-0.4, -0.2) is 37.0 Å². The number of amides is 1. The number of rotatable bonds is 2. The molecule has 4 nitrogen and oxygen atoms in total. The fraction of sp³-hybridized carbons (Fsp3) is 0.429. The largest absolute Gasteiger partial charge is 0.359 e. The molecule has 0 spiro atoms. The Bertz CT molecular complexity index is 512. The van der Waals surface area contributed by atoms with Crippen LogP contribution < -0.4 is 4.90 Å². The molecule has 1 amide bonds. The fourth-order valence-electron chi connectivity index (χ4n) is 2.38. The molecule has 1 fully saturated rings. The molecule has 1 aromatic carbocycles. The molecule has 1 heterocycles. The molecule has 1 aliphatic rings. The van der Waals surface area contributed by atoms with Crippen molar-refractivity contribution in [2.75, 3.05) is 25.0 Å². The number of carbonyl (C=O) groups is 1. The van der Waals surface area contributed by atoms with Crippen LogP contribution >= 0.6 is 15.9 Å². The zero-order valence-electron chi connectivity index (χ0n) is 10.8. The Labute approximate surface area is 121 Å². The van der Waals surface area contributed by atoms with E-state index in [0.717, 1.165) is 29.7 Å². The highest BCUT2D eigenvalue weighted by Gasteiger charge is 2.31. The van der Waals surface area contributed by atoms with Crippen LogP contribution in [0.15, 0.2) is 28.7 Å². The van der Waals surface area contributed by atoms with E-state index in [0.29, 0.717) is 0 Å². The number of anilines is 1. The van der Waals surface area contributed by atoms with E-state index in [-0.39, 0.29) is 18.4 Å². The Morgan fingerprint density at radius 1 is 1.47 bits per heavy atom. The van der Waals surface area contributed by atoms with E-state index >= 15 is 0 Å². The van der Waals surface area contributed by atoms with Gasteiger partial charge in [0.1, 0.15) is 6.04 Å². The van der Waals surface area contributed by atoms with Crippen molar-refractivity contribution < 1.29 is 4.79 Å². The molecular formula is C14H16BrN3O. The Balaban J connectivity index is 2.35. The van der Waals surface area contributed by atoms with Crippen molar-refractivity contribution in [3.63, 3.8) is 0 Å². The Morgan fingerprint density at radius 3 is 2.95 bits per heavy atom. The van der Waals surface area contributed by atoms with E-state index < -0.39 is 0 Å². The van der Waals surface area contributed by atoms with Gasteiger partial charge < -0.3 is 9.80 Å². The highest BCUT2D eigenvalue weighted by Crippen LogP contribution is 2.25. The normalized spacial score (nSPS) is 20.1. The predicted molar refractivity (Wildman–Crippen MR) is 77.8 cm³/mol. The third-order valence-electron chi connectivity index (χ3n) is 3.35. The number of halogens is 1. The molecule has 1 aliphatic heterocycles. The number of nitriles is 1. The minimum Gasteiger partial charge on any atom is -0.359 e. The number of hydrogen-bond acceptors (Lipinski definition) is 3. The zero-order valence-corrected chi connectivity index (χ0v) is 12.4. The van der Waals surface area contributed by atoms with E-state index in [1.807, 2.05) is 29.2 Å². The fourth-order valence-corrected chi connectivity index (χ4v) is 2.77. The van der Waals surface area contributed by atoms with Crippen LogP contribution in [-0.2, 0) is 4.79 Å². The third kappa shape index (κ3) is 3.07.